The van der Waals surface area contributed by atoms with Gasteiger partial charge >= 0.3 is 11.9 Å². The molecule has 0 aromatic carbocycles. The van der Waals surface area contributed by atoms with Crippen LogP contribution in [0.15, 0.2) is 109 Å². The van der Waals surface area contributed by atoms with Gasteiger partial charge in [-0.3, -0.25) is 9.59 Å². The molecule has 0 aromatic rings. The molecule has 0 saturated heterocycles. The predicted octanol–water partition coefficient (Wildman–Crippen LogP) is 18.8. The van der Waals surface area contributed by atoms with Crippen LogP contribution >= 0.6 is 0 Å². The molecule has 0 amide bonds. The van der Waals surface area contributed by atoms with Crippen molar-refractivity contribution in [2.24, 2.45) is 0 Å². The lowest BCUT2D eigenvalue weighted by molar-refractivity contribution is -0.163. The minimum Gasteiger partial charge on any atom is -0.462 e. The molecule has 0 N–H and O–H groups in total. The molecule has 0 radical (unpaired) electrons. The van der Waals surface area contributed by atoms with Gasteiger partial charge in [0.2, 0.25) is 0 Å². The summed E-state index contributed by atoms with van der Waals surface area (Å²) >= 11 is 0. The van der Waals surface area contributed by atoms with Gasteiger partial charge in [-0.15, -0.1) is 0 Å². The number of esters is 2. The van der Waals surface area contributed by atoms with Gasteiger partial charge in [0.05, 0.1) is 6.61 Å². The molecule has 0 saturated carbocycles. The zero-order valence-corrected chi connectivity index (χ0v) is 43.2. The molecule has 376 valence electrons. The van der Waals surface area contributed by atoms with Gasteiger partial charge in [-0.25, -0.2) is 0 Å². The molecular weight excluding hydrogens is 813 g/mol. The molecule has 0 aliphatic carbocycles. The minimum absolute atomic E-state index is 0.0593. The van der Waals surface area contributed by atoms with Crippen LogP contribution in [-0.2, 0) is 23.8 Å². The van der Waals surface area contributed by atoms with Gasteiger partial charge in [0.15, 0.2) is 6.10 Å². The second-order valence-electron chi connectivity index (χ2n) is 17.7. The van der Waals surface area contributed by atoms with Crippen molar-refractivity contribution in [1.82, 2.24) is 0 Å². The molecule has 0 fully saturated rings. The molecule has 0 rings (SSSR count). The van der Waals surface area contributed by atoms with E-state index in [1.165, 1.54) is 89.9 Å². The summed E-state index contributed by atoms with van der Waals surface area (Å²) in [7, 11) is 0. The molecule has 5 heteroatoms. The first-order valence-electron chi connectivity index (χ1n) is 27.4. The summed E-state index contributed by atoms with van der Waals surface area (Å²) in [6, 6.07) is 0. The molecule has 1 unspecified atom stereocenters. The van der Waals surface area contributed by atoms with Crippen molar-refractivity contribution in [3.8, 4) is 0 Å². The maximum absolute atomic E-state index is 12.8. The fourth-order valence-electron chi connectivity index (χ4n) is 7.25. The zero-order valence-electron chi connectivity index (χ0n) is 43.2. The molecule has 0 aliphatic rings. The summed E-state index contributed by atoms with van der Waals surface area (Å²) in [6.07, 6.45) is 76.7. The van der Waals surface area contributed by atoms with Crippen LogP contribution in [0, 0.1) is 0 Å². The number of carbonyl (C=O) groups excluding carboxylic acids is 2. The number of carbonyl (C=O) groups is 2. The number of hydrogen-bond acceptors (Lipinski definition) is 5. The van der Waals surface area contributed by atoms with Gasteiger partial charge in [-0.05, 0) is 122 Å². The SMILES string of the molecule is CC/C=C\C/C=C\C/C=C\C/C=C\CCCCCCCCC(=O)OCC(COCCCCCC/C=C\C/C=C\C/C=C\CC)OC(=O)CCCCCCCCC/C=C\C/C=C\CCCCC. The highest BCUT2D eigenvalue weighted by Crippen LogP contribution is 2.13. The van der Waals surface area contributed by atoms with Gasteiger partial charge < -0.3 is 14.2 Å². The summed E-state index contributed by atoms with van der Waals surface area (Å²) in [5, 5.41) is 0. The quantitative estimate of drug-likeness (QED) is 0.0346. The van der Waals surface area contributed by atoms with Crippen LogP contribution in [0.3, 0.4) is 0 Å². The van der Waals surface area contributed by atoms with E-state index in [2.05, 4.69) is 130 Å². The topological polar surface area (TPSA) is 61.8 Å². The summed E-state index contributed by atoms with van der Waals surface area (Å²) in [5.41, 5.74) is 0. The Morgan fingerprint density at radius 3 is 1.09 bits per heavy atom. The molecule has 5 nitrogen and oxygen atoms in total. The Hall–Kier alpha value is -3.44. The maximum Gasteiger partial charge on any atom is 0.306 e. The number of rotatable bonds is 49. The minimum atomic E-state index is -0.565. The smallest absolute Gasteiger partial charge is 0.306 e. The van der Waals surface area contributed by atoms with Crippen LogP contribution in [0.1, 0.15) is 239 Å². The highest BCUT2D eigenvalue weighted by atomic mass is 16.6. The van der Waals surface area contributed by atoms with Crippen molar-refractivity contribution >= 4 is 11.9 Å². The average molecular weight is 915 g/mol. The van der Waals surface area contributed by atoms with Crippen molar-refractivity contribution in [2.45, 2.75) is 245 Å². The van der Waals surface area contributed by atoms with E-state index in [9.17, 15) is 9.59 Å². The molecule has 0 heterocycles. The lowest BCUT2D eigenvalue weighted by Crippen LogP contribution is -2.30. The lowest BCUT2D eigenvalue weighted by Gasteiger charge is -2.18. The van der Waals surface area contributed by atoms with E-state index in [1.54, 1.807) is 0 Å². The first kappa shape index (κ1) is 62.6. The number of hydrogen-bond donors (Lipinski definition) is 0. The number of unbranched alkanes of at least 4 members (excludes halogenated alkanes) is 20. The van der Waals surface area contributed by atoms with Gasteiger partial charge in [0.25, 0.3) is 0 Å². The third kappa shape index (κ3) is 53.2. The van der Waals surface area contributed by atoms with Crippen LogP contribution < -0.4 is 0 Å². The van der Waals surface area contributed by atoms with E-state index in [1.807, 2.05) is 0 Å². The average Bonchev–Trinajstić information content (AvgIpc) is 3.32. The van der Waals surface area contributed by atoms with Crippen molar-refractivity contribution in [2.75, 3.05) is 19.8 Å². The maximum atomic E-state index is 12.8. The molecule has 0 aromatic heterocycles. The fraction of sp³-hybridized carbons (Fsp3) is 0.672. The molecule has 0 bridgehead atoms. The van der Waals surface area contributed by atoms with E-state index in [-0.39, 0.29) is 25.2 Å². The van der Waals surface area contributed by atoms with E-state index < -0.39 is 6.10 Å². The van der Waals surface area contributed by atoms with Gasteiger partial charge in [0, 0.05) is 19.4 Å². The van der Waals surface area contributed by atoms with Crippen molar-refractivity contribution in [3.63, 3.8) is 0 Å². The predicted molar refractivity (Wildman–Crippen MR) is 288 cm³/mol. The third-order valence-corrected chi connectivity index (χ3v) is 11.3. The zero-order chi connectivity index (χ0) is 47.7. The van der Waals surface area contributed by atoms with Crippen LogP contribution in [0.2, 0.25) is 0 Å². The normalized spacial score (nSPS) is 13.1. The summed E-state index contributed by atoms with van der Waals surface area (Å²) in [6.45, 7) is 7.51. The van der Waals surface area contributed by atoms with Gasteiger partial charge in [0.1, 0.15) is 6.61 Å². The Morgan fingerprint density at radius 1 is 0.348 bits per heavy atom. The summed E-state index contributed by atoms with van der Waals surface area (Å²) < 4.78 is 17.4. The Morgan fingerprint density at radius 2 is 0.682 bits per heavy atom. The van der Waals surface area contributed by atoms with E-state index in [0.717, 1.165) is 116 Å². The number of ether oxygens (including phenoxy) is 3. The first-order chi connectivity index (χ1) is 32.6. The van der Waals surface area contributed by atoms with Gasteiger partial charge in [-0.1, -0.05) is 214 Å². The molecule has 66 heavy (non-hydrogen) atoms. The van der Waals surface area contributed by atoms with E-state index in [0.29, 0.717) is 19.4 Å². The molecule has 1 atom stereocenters. The van der Waals surface area contributed by atoms with Crippen molar-refractivity contribution in [1.29, 1.82) is 0 Å². The molecular formula is C61H102O5. The highest BCUT2D eigenvalue weighted by Gasteiger charge is 2.17. The third-order valence-electron chi connectivity index (χ3n) is 11.3. The van der Waals surface area contributed by atoms with Crippen LogP contribution in [0.4, 0.5) is 0 Å². The van der Waals surface area contributed by atoms with Crippen LogP contribution in [-0.4, -0.2) is 37.9 Å². The van der Waals surface area contributed by atoms with Crippen molar-refractivity contribution in [3.05, 3.63) is 109 Å². The van der Waals surface area contributed by atoms with Crippen LogP contribution in [0.25, 0.3) is 0 Å². The van der Waals surface area contributed by atoms with Gasteiger partial charge in [-0.2, -0.15) is 0 Å². The number of allylic oxidation sites excluding steroid dienone is 18. The Kier molecular flexibility index (Phi) is 53.0. The molecule has 0 spiro atoms. The Labute approximate surface area is 408 Å². The standard InChI is InChI=1S/C61H102O5/c1-4-7-10-13-16-19-22-25-28-30-31-33-34-36-39-42-45-48-51-54-60(62)65-58-59(57-64-56-53-50-47-44-41-38-27-24-21-18-15-12-9-6-3)66-61(63)55-52-49-46-43-40-37-35-32-29-26-23-20-17-14-11-8-5-2/h7,9-10,12,16-21,25-29,31,33,38,59H,4-6,8,11,13-15,22-24,30,32,34-37,39-58H2,1-3H3/b10-7-,12-9-,19-16-,20-17-,21-18-,28-25-,29-26-,33-31-,38-27-. The second kappa shape index (κ2) is 55.9. The first-order valence-corrected chi connectivity index (χ1v) is 27.4. The second-order valence-corrected chi connectivity index (χ2v) is 17.7. The Balaban J connectivity index is 4.35. The van der Waals surface area contributed by atoms with E-state index >= 15 is 0 Å². The summed E-state index contributed by atoms with van der Waals surface area (Å²) in [5.74, 6) is -0.438. The fourth-order valence-corrected chi connectivity index (χ4v) is 7.25. The summed E-state index contributed by atoms with van der Waals surface area (Å²) in [4.78, 5) is 25.5. The largest absolute Gasteiger partial charge is 0.462 e. The van der Waals surface area contributed by atoms with Crippen LogP contribution in [0.5, 0.6) is 0 Å². The van der Waals surface area contributed by atoms with Crippen molar-refractivity contribution < 1.29 is 23.8 Å². The monoisotopic (exact) mass is 915 g/mol. The Bertz CT molecular complexity index is 1310. The molecule has 0 aliphatic heterocycles. The lowest BCUT2D eigenvalue weighted by atomic mass is 10.1. The highest BCUT2D eigenvalue weighted by molar-refractivity contribution is 5.70. The van der Waals surface area contributed by atoms with E-state index in [4.69, 9.17) is 14.2 Å².